The lowest BCUT2D eigenvalue weighted by Crippen LogP contribution is -2.35. The van der Waals surface area contributed by atoms with Gasteiger partial charge in [0, 0.05) is 49.5 Å². The number of hydrogen-bond acceptors (Lipinski definition) is 3. The number of nitrogens with zero attached hydrogens (tertiary/aromatic N) is 2. The molecular formula is C27H34N2O. The Labute approximate surface area is 181 Å². The number of benzene rings is 2. The van der Waals surface area contributed by atoms with Gasteiger partial charge in [0.15, 0.2) is 0 Å². The summed E-state index contributed by atoms with van der Waals surface area (Å²) in [5.41, 5.74) is 13.9. The predicted octanol–water partition coefficient (Wildman–Crippen LogP) is 4.99. The first-order valence-corrected chi connectivity index (χ1v) is 12.1. The van der Waals surface area contributed by atoms with Gasteiger partial charge in [0.25, 0.3) is 0 Å². The number of anilines is 2. The third kappa shape index (κ3) is 2.77. The fraction of sp³-hybridized carbons (Fsp3) is 0.556. The van der Waals surface area contributed by atoms with E-state index in [-0.39, 0.29) is 0 Å². The van der Waals surface area contributed by atoms with E-state index in [4.69, 9.17) is 4.74 Å². The molecule has 30 heavy (non-hydrogen) atoms. The monoisotopic (exact) mass is 402 g/mol. The van der Waals surface area contributed by atoms with Gasteiger partial charge in [-0.25, -0.2) is 0 Å². The second-order valence-corrected chi connectivity index (χ2v) is 9.77. The van der Waals surface area contributed by atoms with Gasteiger partial charge in [-0.1, -0.05) is 6.07 Å². The van der Waals surface area contributed by atoms with Crippen molar-refractivity contribution in [1.82, 2.24) is 0 Å². The number of methoxy groups -OCH3 is 1. The Hall–Kier alpha value is -2.16. The first-order chi connectivity index (χ1) is 14.7. The molecule has 0 unspecified atom stereocenters. The van der Waals surface area contributed by atoms with Crippen LogP contribution in [-0.2, 0) is 32.1 Å². The minimum Gasteiger partial charge on any atom is -0.496 e. The van der Waals surface area contributed by atoms with Crippen molar-refractivity contribution in [2.45, 2.75) is 64.7 Å². The highest BCUT2D eigenvalue weighted by Gasteiger charge is 2.30. The fourth-order valence-electron chi connectivity index (χ4n) is 6.76. The summed E-state index contributed by atoms with van der Waals surface area (Å²) in [5, 5.41) is 0. The van der Waals surface area contributed by atoms with Gasteiger partial charge in [-0.2, -0.15) is 0 Å². The topological polar surface area (TPSA) is 15.7 Å². The van der Waals surface area contributed by atoms with Crippen molar-refractivity contribution in [3.05, 3.63) is 51.1 Å². The molecule has 4 aliphatic rings. The number of rotatable bonds is 3. The highest BCUT2D eigenvalue weighted by Crippen LogP contribution is 2.44. The Morgan fingerprint density at radius 3 is 1.90 bits per heavy atom. The number of hydrogen-bond donors (Lipinski definition) is 0. The van der Waals surface area contributed by atoms with Crippen molar-refractivity contribution >= 4 is 11.4 Å². The highest BCUT2D eigenvalue weighted by molar-refractivity contribution is 5.71. The summed E-state index contributed by atoms with van der Waals surface area (Å²) in [6, 6.07) is 5.04. The molecular weight excluding hydrogens is 368 g/mol. The smallest absolute Gasteiger partial charge is 0.127 e. The molecule has 0 N–H and O–H groups in total. The molecule has 0 saturated carbocycles. The molecule has 4 aliphatic heterocycles. The van der Waals surface area contributed by atoms with Gasteiger partial charge in [0.05, 0.1) is 7.11 Å². The Balaban J connectivity index is 1.46. The van der Waals surface area contributed by atoms with Crippen LogP contribution in [0.2, 0.25) is 0 Å². The lowest BCUT2D eigenvalue weighted by molar-refractivity contribution is 0.402. The van der Waals surface area contributed by atoms with E-state index in [0.717, 1.165) is 6.42 Å². The molecule has 0 saturated heterocycles. The lowest BCUT2D eigenvalue weighted by atomic mass is 9.83. The molecule has 0 atom stereocenters. The quantitative estimate of drug-likeness (QED) is 0.719. The first-order valence-electron chi connectivity index (χ1n) is 12.1. The molecule has 158 valence electrons. The average molecular weight is 403 g/mol. The second-order valence-electron chi connectivity index (χ2n) is 9.77. The van der Waals surface area contributed by atoms with Gasteiger partial charge in [0.2, 0.25) is 0 Å². The summed E-state index contributed by atoms with van der Waals surface area (Å²) in [4.78, 5) is 5.28. The first kappa shape index (κ1) is 18.6. The van der Waals surface area contributed by atoms with Crippen molar-refractivity contribution in [2.75, 3.05) is 43.1 Å². The summed E-state index contributed by atoms with van der Waals surface area (Å²) < 4.78 is 6.09. The van der Waals surface area contributed by atoms with E-state index in [1.807, 2.05) is 7.11 Å². The van der Waals surface area contributed by atoms with Crippen LogP contribution < -0.4 is 14.5 Å². The number of ether oxygens (including phenoxy) is 1. The summed E-state index contributed by atoms with van der Waals surface area (Å²) in [5.74, 6) is 1.17. The van der Waals surface area contributed by atoms with Gasteiger partial charge in [-0.05, 0) is 97.7 Å². The molecule has 0 aromatic heterocycles. The summed E-state index contributed by atoms with van der Waals surface area (Å²) in [6.45, 7) is 7.30. The molecule has 3 nitrogen and oxygen atoms in total. The van der Waals surface area contributed by atoms with Crippen LogP contribution in [0, 0.1) is 6.92 Å². The van der Waals surface area contributed by atoms with Crippen molar-refractivity contribution in [3.63, 3.8) is 0 Å². The molecule has 3 heteroatoms. The van der Waals surface area contributed by atoms with Crippen LogP contribution in [0.1, 0.15) is 64.6 Å². The molecule has 0 fully saturated rings. The third-order valence-electron chi connectivity index (χ3n) is 8.05. The van der Waals surface area contributed by atoms with E-state index in [2.05, 4.69) is 28.9 Å². The van der Waals surface area contributed by atoms with Crippen LogP contribution in [0.3, 0.4) is 0 Å². The minimum atomic E-state index is 1.01. The molecule has 0 spiro atoms. The molecule has 2 aromatic rings. The van der Waals surface area contributed by atoms with Crippen molar-refractivity contribution in [2.24, 2.45) is 0 Å². The van der Waals surface area contributed by atoms with E-state index in [9.17, 15) is 0 Å². The normalized spacial score (nSPS) is 19.4. The molecule has 6 rings (SSSR count). The maximum atomic E-state index is 6.09. The van der Waals surface area contributed by atoms with Crippen LogP contribution in [0.15, 0.2) is 12.1 Å². The van der Waals surface area contributed by atoms with Crippen LogP contribution >= 0.6 is 0 Å². The van der Waals surface area contributed by atoms with E-state index in [1.165, 1.54) is 111 Å². The second kappa shape index (κ2) is 7.21. The van der Waals surface area contributed by atoms with Gasteiger partial charge in [0.1, 0.15) is 5.75 Å². The van der Waals surface area contributed by atoms with E-state index in [1.54, 1.807) is 22.4 Å². The molecule has 0 bridgehead atoms. The SMILES string of the molecule is COc1c(Cc2cc3c4c(c2C)CCCN4CCC3)cc2c3c1CCCN3CCC2. The zero-order valence-corrected chi connectivity index (χ0v) is 18.6. The molecule has 0 radical (unpaired) electrons. The summed E-state index contributed by atoms with van der Waals surface area (Å²) >= 11 is 0. The number of aryl methyl sites for hydroxylation is 2. The van der Waals surface area contributed by atoms with E-state index in [0.29, 0.717) is 0 Å². The standard InChI is InChI=1S/C27H34N2O/c1-18-21(15-19-7-3-11-28-13-5-9-23(18)25(19)28)17-22-16-20-8-4-12-29-14-6-10-24(26(20)29)27(22)30-2/h15-16H,3-14,17H2,1-2H3. The Kier molecular flexibility index (Phi) is 4.47. The van der Waals surface area contributed by atoms with Gasteiger partial charge in [-0.15, -0.1) is 0 Å². The fourth-order valence-corrected chi connectivity index (χ4v) is 6.76. The van der Waals surface area contributed by atoms with E-state index < -0.39 is 0 Å². The van der Waals surface area contributed by atoms with Crippen LogP contribution in [-0.4, -0.2) is 33.3 Å². The van der Waals surface area contributed by atoms with E-state index >= 15 is 0 Å². The van der Waals surface area contributed by atoms with Crippen LogP contribution in [0.5, 0.6) is 5.75 Å². The largest absolute Gasteiger partial charge is 0.496 e. The molecule has 2 aromatic carbocycles. The van der Waals surface area contributed by atoms with Gasteiger partial charge in [-0.3, -0.25) is 0 Å². The van der Waals surface area contributed by atoms with Gasteiger partial charge < -0.3 is 14.5 Å². The third-order valence-corrected chi connectivity index (χ3v) is 8.05. The summed E-state index contributed by atoms with van der Waals surface area (Å²) in [7, 11) is 1.88. The Morgan fingerprint density at radius 1 is 0.733 bits per heavy atom. The molecule has 0 amide bonds. The lowest BCUT2D eigenvalue weighted by Gasteiger charge is -2.39. The zero-order valence-electron chi connectivity index (χ0n) is 18.6. The maximum Gasteiger partial charge on any atom is 0.127 e. The predicted molar refractivity (Wildman–Crippen MR) is 125 cm³/mol. The van der Waals surface area contributed by atoms with Crippen LogP contribution in [0.4, 0.5) is 11.4 Å². The Bertz CT molecular complexity index is 1000. The molecule has 4 heterocycles. The van der Waals surface area contributed by atoms with Crippen molar-refractivity contribution in [3.8, 4) is 5.75 Å². The van der Waals surface area contributed by atoms with Crippen molar-refractivity contribution in [1.29, 1.82) is 0 Å². The van der Waals surface area contributed by atoms with Crippen molar-refractivity contribution < 1.29 is 4.74 Å². The summed E-state index contributed by atoms with van der Waals surface area (Å²) in [6.07, 6.45) is 11.0. The van der Waals surface area contributed by atoms with Crippen LogP contribution in [0.25, 0.3) is 0 Å². The maximum absolute atomic E-state index is 6.09. The molecule has 0 aliphatic carbocycles. The zero-order chi connectivity index (χ0) is 20.2. The Morgan fingerprint density at radius 2 is 1.27 bits per heavy atom. The minimum absolute atomic E-state index is 1.01. The average Bonchev–Trinajstić information content (AvgIpc) is 2.78. The van der Waals surface area contributed by atoms with Gasteiger partial charge >= 0.3 is 0 Å². The highest BCUT2D eigenvalue weighted by atomic mass is 16.5.